The van der Waals surface area contributed by atoms with E-state index < -0.39 is 0 Å². The average molecular weight is 341 g/mol. The summed E-state index contributed by atoms with van der Waals surface area (Å²) in [5, 5.41) is 12.9. The summed E-state index contributed by atoms with van der Waals surface area (Å²) in [6.45, 7) is 0. The quantitative estimate of drug-likeness (QED) is 0.687. The molecule has 0 aliphatic rings. The number of aromatic nitrogens is 3. The summed E-state index contributed by atoms with van der Waals surface area (Å²) in [5.41, 5.74) is 2.57. The Bertz CT molecular complexity index is 862. The van der Waals surface area contributed by atoms with Crippen LogP contribution in [0.5, 0.6) is 0 Å². The fourth-order valence-corrected chi connectivity index (χ4v) is 2.37. The highest BCUT2D eigenvalue weighted by Gasteiger charge is 2.10. The van der Waals surface area contributed by atoms with Crippen molar-refractivity contribution in [1.29, 1.82) is 5.26 Å². The van der Waals surface area contributed by atoms with Crippen LogP contribution in [0.4, 0.5) is 0 Å². The van der Waals surface area contributed by atoms with Gasteiger partial charge < -0.3 is 0 Å². The number of pyridine rings is 2. The minimum absolute atomic E-state index is 0.0252. The molecule has 0 atom stereocenters. The van der Waals surface area contributed by atoms with Gasteiger partial charge in [0.15, 0.2) is 5.78 Å². The molecule has 5 nitrogen and oxygen atoms in total. The number of hydrogen-bond donors (Lipinski definition) is 0. The molecule has 0 saturated carbocycles. The highest BCUT2D eigenvalue weighted by atomic mass is 79.9. The van der Waals surface area contributed by atoms with Crippen molar-refractivity contribution >= 4 is 27.2 Å². The van der Waals surface area contributed by atoms with Gasteiger partial charge in [-0.15, -0.1) is 0 Å². The molecule has 0 unspecified atom stereocenters. The van der Waals surface area contributed by atoms with Crippen molar-refractivity contribution in [1.82, 2.24) is 14.6 Å². The van der Waals surface area contributed by atoms with Crippen molar-refractivity contribution in [2.24, 2.45) is 0 Å². The van der Waals surface area contributed by atoms with Crippen LogP contribution in [0.1, 0.15) is 21.6 Å². The molecule has 0 saturated heterocycles. The molecule has 0 radical (unpaired) electrons. The molecule has 0 amide bonds. The number of carbonyl (C=O) groups excluding carboxylic acids is 1. The standard InChI is InChI=1S/C15H9BrN4O/c16-13-9-19-20-4-3-11(5-14(13)20)15(21)6-12-2-1-10(7-17)8-18-12/h1-5,8-9H,6H2. The molecule has 102 valence electrons. The molecule has 21 heavy (non-hydrogen) atoms. The lowest BCUT2D eigenvalue weighted by atomic mass is 10.1. The Morgan fingerprint density at radius 3 is 2.90 bits per heavy atom. The van der Waals surface area contributed by atoms with E-state index in [0.717, 1.165) is 9.99 Å². The molecule has 0 aliphatic heterocycles. The number of halogens is 1. The van der Waals surface area contributed by atoms with Crippen molar-refractivity contribution in [3.8, 4) is 6.07 Å². The van der Waals surface area contributed by atoms with E-state index in [-0.39, 0.29) is 12.2 Å². The van der Waals surface area contributed by atoms with E-state index >= 15 is 0 Å². The van der Waals surface area contributed by atoms with Gasteiger partial charge >= 0.3 is 0 Å². The summed E-state index contributed by atoms with van der Waals surface area (Å²) >= 11 is 3.40. The Hall–Kier alpha value is -2.52. The predicted molar refractivity (Wildman–Crippen MR) is 79.9 cm³/mol. The van der Waals surface area contributed by atoms with Gasteiger partial charge in [-0.2, -0.15) is 10.4 Å². The first-order valence-corrected chi connectivity index (χ1v) is 6.98. The van der Waals surface area contributed by atoms with Gasteiger partial charge in [0, 0.05) is 23.7 Å². The van der Waals surface area contributed by atoms with Crippen molar-refractivity contribution in [2.45, 2.75) is 6.42 Å². The number of hydrogen-bond acceptors (Lipinski definition) is 4. The smallest absolute Gasteiger partial charge is 0.168 e. The van der Waals surface area contributed by atoms with E-state index in [2.05, 4.69) is 26.0 Å². The van der Waals surface area contributed by atoms with E-state index in [4.69, 9.17) is 5.26 Å². The summed E-state index contributed by atoms with van der Waals surface area (Å²) in [6.07, 6.45) is 5.11. The second kappa shape index (κ2) is 5.46. The van der Waals surface area contributed by atoms with E-state index in [9.17, 15) is 4.79 Å². The fraction of sp³-hybridized carbons (Fsp3) is 0.0667. The zero-order valence-corrected chi connectivity index (χ0v) is 12.4. The molecular formula is C15H9BrN4O. The van der Waals surface area contributed by atoms with Crippen LogP contribution in [0.3, 0.4) is 0 Å². The summed E-state index contributed by atoms with van der Waals surface area (Å²) in [4.78, 5) is 16.4. The van der Waals surface area contributed by atoms with Crippen LogP contribution in [0.2, 0.25) is 0 Å². The van der Waals surface area contributed by atoms with E-state index in [1.54, 1.807) is 41.2 Å². The lowest BCUT2D eigenvalue weighted by Gasteiger charge is -2.02. The third-order valence-electron chi connectivity index (χ3n) is 3.09. The number of Topliss-reactive ketones (excluding diaryl/α,β-unsaturated/α-hetero) is 1. The Morgan fingerprint density at radius 2 is 2.19 bits per heavy atom. The molecule has 0 fully saturated rings. The Morgan fingerprint density at radius 1 is 1.33 bits per heavy atom. The molecule has 6 heteroatoms. The number of carbonyl (C=O) groups is 1. The van der Waals surface area contributed by atoms with Gasteiger partial charge in [0.1, 0.15) is 6.07 Å². The van der Waals surface area contributed by atoms with Crippen LogP contribution < -0.4 is 0 Å². The van der Waals surface area contributed by atoms with Gasteiger partial charge in [-0.05, 0) is 40.2 Å². The fourth-order valence-electron chi connectivity index (χ4n) is 1.99. The summed E-state index contributed by atoms with van der Waals surface area (Å²) < 4.78 is 2.54. The molecule has 3 heterocycles. The largest absolute Gasteiger partial charge is 0.294 e. The number of nitriles is 1. The number of nitrogens with zero attached hydrogens (tertiary/aromatic N) is 4. The van der Waals surface area contributed by atoms with Crippen molar-refractivity contribution in [2.75, 3.05) is 0 Å². The van der Waals surface area contributed by atoms with Crippen LogP contribution in [-0.2, 0) is 6.42 Å². The van der Waals surface area contributed by atoms with Crippen LogP contribution in [-0.4, -0.2) is 20.4 Å². The lowest BCUT2D eigenvalue weighted by molar-refractivity contribution is 0.0992. The second-order valence-corrected chi connectivity index (χ2v) is 5.34. The topological polar surface area (TPSA) is 71.0 Å². The van der Waals surface area contributed by atoms with Gasteiger partial charge in [-0.25, -0.2) is 4.52 Å². The summed E-state index contributed by atoms with van der Waals surface area (Å²) in [7, 11) is 0. The van der Waals surface area contributed by atoms with E-state index in [0.29, 0.717) is 16.8 Å². The highest BCUT2D eigenvalue weighted by molar-refractivity contribution is 9.10. The van der Waals surface area contributed by atoms with Crippen LogP contribution in [0.25, 0.3) is 5.52 Å². The maximum absolute atomic E-state index is 12.3. The Kier molecular flexibility index (Phi) is 3.50. The van der Waals surface area contributed by atoms with Gasteiger partial charge in [0.25, 0.3) is 0 Å². The monoisotopic (exact) mass is 340 g/mol. The molecular weight excluding hydrogens is 332 g/mol. The minimum atomic E-state index is -0.0252. The molecule has 0 aliphatic carbocycles. The predicted octanol–water partition coefficient (Wildman–Crippen LogP) is 2.79. The highest BCUT2D eigenvalue weighted by Crippen LogP contribution is 2.19. The van der Waals surface area contributed by atoms with Gasteiger partial charge in [0.2, 0.25) is 0 Å². The molecule has 0 spiro atoms. The van der Waals surface area contributed by atoms with E-state index in [1.807, 2.05) is 6.07 Å². The van der Waals surface area contributed by atoms with Crippen LogP contribution >= 0.6 is 15.9 Å². The van der Waals surface area contributed by atoms with Crippen LogP contribution in [0.15, 0.2) is 47.3 Å². The first-order valence-electron chi connectivity index (χ1n) is 6.18. The molecule has 3 aromatic rings. The normalized spacial score (nSPS) is 10.5. The van der Waals surface area contributed by atoms with Crippen molar-refractivity contribution in [3.05, 3.63) is 64.1 Å². The molecule has 3 rings (SSSR count). The SMILES string of the molecule is N#Cc1ccc(CC(=O)c2ccn3ncc(Br)c3c2)nc1. The molecule has 0 aromatic carbocycles. The molecule has 0 bridgehead atoms. The molecule has 0 N–H and O–H groups in total. The van der Waals surface area contributed by atoms with Crippen molar-refractivity contribution < 1.29 is 4.79 Å². The minimum Gasteiger partial charge on any atom is -0.294 e. The molecule has 3 aromatic heterocycles. The maximum Gasteiger partial charge on any atom is 0.168 e. The maximum atomic E-state index is 12.3. The van der Waals surface area contributed by atoms with Gasteiger partial charge in [-0.3, -0.25) is 9.78 Å². The second-order valence-electron chi connectivity index (χ2n) is 4.49. The van der Waals surface area contributed by atoms with Gasteiger partial charge in [0.05, 0.1) is 28.2 Å². The first kappa shape index (κ1) is 13.5. The average Bonchev–Trinajstić information content (AvgIpc) is 2.89. The summed E-state index contributed by atoms with van der Waals surface area (Å²) in [5.74, 6) is -0.0252. The van der Waals surface area contributed by atoms with Gasteiger partial charge in [-0.1, -0.05) is 0 Å². The third-order valence-corrected chi connectivity index (χ3v) is 3.70. The summed E-state index contributed by atoms with van der Waals surface area (Å²) in [6, 6.07) is 8.89. The Balaban J connectivity index is 1.85. The number of ketones is 1. The first-order chi connectivity index (χ1) is 10.2. The lowest BCUT2D eigenvalue weighted by Crippen LogP contribution is -2.06. The third kappa shape index (κ3) is 2.69. The Labute approximate surface area is 129 Å². The van der Waals surface area contributed by atoms with Crippen LogP contribution in [0, 0.1) is 11.3 Å². The van der Waals surface area contributed by atoms with Crippen molar-refractivity contribution in [3.63, 3.8) is 0 Å². The zero-order chi connectivity index (χ0) is 14.8. The van der Waals surface area contributed by atoms with E-state index in [1.165, 1.54) is 6.20 Å². The number of rotatable bonds is 3. The number of fused-ring (bicyclic) bond motifs is 1. The zero-order valence-electron chi connectivity index (χ0n) is 10.8.